The van der Waals surface area contributed by atoms with E-state index in [0.717, 1.165) is 28.1 Å². The summed E-state index contributed by atoms with van der Waals surface area (Å²) in [6.07, 6.45) is 1.57. The highest BCUT2D eigenvalue weighted by molar-refractivity contribution is 6.05. The molecule has 8 nitrogen and oxygen atoms in total. The van der Waals surface area contributed by atoms with Crippen LogP contribution in [-0.4, -0.2) is 50.2 Å². The van der Waals surface area contributed by atoms with Gasteiger partial charge < -0.3 is 25.0 Å². The van der Waals surface area contributed by atoms with E-state index < -0.39 is 11.7 Å². The number of aromatic nitrogens is 1. The van der Waals surface area contributed by atoms with Crippen LogP contribution in [0.2, 0.25) is 0 Å². The fourth-order valence-electron chi connectivity index (χ4n) is 4.64. The molecule has 2 amide bonds. The molecule has 0 radical (unpaired) electrons. The molecule has 0 saturated carbocycles. The minimum Gasteiger partial charge on any atom is -0.497 e. The van der Waals surface area contributed by atoms with Crippen LogP contribution in [0.15, 0.2) is 79.0 Å². The van der Waals surface area contributed by atoms with Crippen LogP contribution < -0.4 is 20.3 Å². The molecule has 2 heterocycles. The Bertz CT molecular complexity index is 1530. The third-order valence-corrected chi connectivity index (χ3v) is 6.94. The number of carbonyl (C=O) groups is 2. The maximum absolute atomic E-state index is 14.4. The first-order chi connectivity index (χ1) is 19.9. The van der Waals surface area contributed by atoms with Crippen LogP contribution >= 0.6 is 0 Å². The van der Waals surface area contributed by atoms with E-state index in [1.54, 1.807) is 31.5 Å². The zero-order valence-electron chi connectivity index (χ0n) is 22.9. The summed E-state index contributed by atoms with van der Waals surface area (Å²) in [5.41, 5.74) is 5.26. The quantitative estimate of drug-likeness (QED) is 0.310. The molecule has 1 aromatic heterocycles. The number of benzene rings is 3. The maximum atomic E-state index is 14.4. The first-order valence-corrected chi connectivity index (χ1v) is 13.3. The van der Waals surface area contributed by atoms with Gasteiger partial charge in [-0.25, -0.2) is 4.39 Å². The molecular weight excluding hydrogens is 523 g/mol. The highest BCUT2D eigenvalue weighted by Gasteiger charge is 2.16. The molecule has 0 spiro atoms. The van der Waals surface area contributed by atoms with E-state index in [9.17, 15) is 14.0 Å². The lowest BCUT2D eigenvalue weighted by atomic mass is 10.0. The summed E-state index contributed by atoms with van der Waals surface area (Å²) < 4.78 is 24.9. The lowest BCUT2D eigenvalue weighted by molar-refractivity contribution is 0.0950. The summed E-state index contributed by atoms with van der Waals surface area (Å²) in [4.78, 5) is 32.2. The largest absolute Gasteiger partial charge is 0.497 e. The summed E-state index contributed by atoms with van der Waals surface area (Å²) in [6.45, 7) is 4.67. The molecule has 0 bridgehead atoms. The van der Waals surface area contributed by atoms with Crippen molar-refractivity contribution in [3.63, 3.8) is 0 Å². The van der Waals surface area contributed by atoms with E-state index >= 15 is 0 Å². The predicted octanol–water partition coefficient (Wildman–Crippen LogP) is 5.22. The van der Waals surface area contributed by atoms with Gasteiger partial charge in [-0.3, -0.25) is 14.6 Å². The molecule has 210 valence electrons. The molecule has 2 N–H and O–H groups in total. The fourth-order valence-corrected chi connectivity index (χ4v) is 4.64. The van der Waals surface area contributed by atoms with Gasteiger partial charge in [0.15, 0.2) is 0 Å². The lowest BCUT2D eigenvalue weighted by Crippen LogP contribution is -2.36. The molecule has 1 aliphatic rings. The van der Waals surface area contributed by atoms with Gasteiger partial charge in [0, 0.05) is 47.7 Å². The zero-order chi connectivity index (χ0) is 28.8. The standard InChI is InChI=1S/C32H31FN4O4/c1-21-30(23-5-7-24(8-6-23)31(38)35-19-22-3-9-29(40-2)10-4-22)18-27(20-34-21)36-32(39)25-15-26(33)17-28(16-25)37-11-13-41-14-12-37/h3-10,15-18,20H,11-14,19H2,1-2H3,(H,35,38)(H,36,39). The lowest BCUT2D eigenvalue weighted by Gasteiger charge is -2.29. The topological polar surface area (TPSA) is 92.8 Å². The normalized spacial score (nSPS) is 13.0. The van der Waals surface area contributed by atoms with Crippen LogP contribution in [0.4, 0.5) is 15.8 Å². The number of carbonyl (C=O) groups excluding carboxylic acids is 2. The van der Waals surface area contributed by atoms with Gasteiger partial charge in [-0.15, -0.1) is 0 Å². The average molecular weight is 555 g/mol. The Balaban J connectivity index is 1.26. The van der Waals surface area contributed by atoms with Crippen LogP contribution in [0, 0.1) is 12.7 Å². The Morgan fingerprint density at radius 1 is 0.951 bits per heavy atom. The number of nitrogens with zero attached hydrogens (tertiary/aromatic N) is 2. The second-order valence-electron chi connectivity index (χ2n) is 9.72. The third kappa shape index (κ3) is 6.88. The van der Waals surface area contributed by atoms with Crippen molar-refractivity contribution < 1.29 is 23.5 Å². The van der Waals surface area contributed by atoms with Gasteiger partial charge in [-0.2, -0.15) is 0 Å². The third-order valence-electron chi connectivity index (χ3n) is 6.94. The molecule has 1 saturated heterocycles. The molecule has 5 rings (SSSR count). The summed E-state index contributed by atoms with van der Waals surface area (Å²) >= 11 is 0. The van der Waals surface area contributed by atoms with Gasteiger partial charge in [0.05, 0.1) is 32.2 Å². The summed E-state index contributed by atoms with van der Waals surface area (Å²) in [5.74, 6) is -0.333. The minimum atomic E-state index is -0.477. The molecule has 0 unspecified atom stereocenters. The average Bonchev–Trinajstić information content (AvgIpc) is 3.01. The van der Waals surface area contributed by atoms with Crippen LogP contribution in [-0.2, 0) is 11.3 Å². The second kappa shape index (κ2) is 12.6. The molecule has 3 aromatic carbocycles. The van der Waals surface area contributed by atoms with Crippen LogP contribution in [0.5, 0.6) is 5.75 Å². The Hall–Kier alpha value is -4.76. The van der Waals surface area contributed by atoms with E-state index in [1.165, 1.54) is 12.1 Å². The molecular formula is C32H31FN4O4. The molecule has 41 heavy (non-hydrogen) atoms. The van der Waals surface area contributed by atoms with Crippen molar-refractivity contribution in [2.75, 3.05) is 43.6 Å². The van der Waals surface area contributed by atoms with Crippen molar-refractivity contribution in [2.45, 2.75) is 13.5 Å². The molecule has 0 atom stereocenters. The van der Waals surface area contributed by atoms with Gasteiger partial charge in [-0.05, 0) is 66.6 Å². The Morgan fingerprint density at radius 2 is 1.68 bits per heavy atom. The van der Waals surface area contributed by atoms with Crippen molar-refractivity contribution in [3.8, 4) is 16.9 Å². The van der Waals surface area contributed by atoms with Crippen molar-refractivity contribution in [1.82, 2.24) is 10.3 Å². The number of amides is 2. The SMILES string of the molecule is COc1ccc(CNC(=O)c2ccc(-c3cc(NC(=O)c4cc(F)cc(N5CCOCC5)c4)cnc3C)cc2)cc1. The van der Waals surface area contributed by atoms with Gasteiger partial charge in [0.1, 0.15) is 11.6 Å². The van der Waals surface area contributed by atoms with E-state index in [2.05, 4.69) is 15.6 Å². The first-order valence-electron chi connectivity index (χ1n) is 13.3. The number of anilines is 2. The fraction of sp³-hybridized carbons (Fsp3) is 0.219. The van der Waals surface area contributed by atoms with Gasteiger partial charge in [-0.1, -0.05) is 24.3 Å². The van der Waals surface area contributed by atoms with E-state index in [0.29, 0.717) is 49.8 Å². The summed E-state index contributed by atoms with van der Waals surface area (Å²) in [5, 5.41) is 5.76. The number of halogens is 1. The minimum absolute atomic E-state index is 0.185. The summed E-state index contributed by atoms with van der Waals surface area (Å²) in [6, 6.07) is 20.9. The van der Waals surface area contributed by atoms with E-state index in [4.69, 9.17) is 9.47 Å². The molecule has 1 aliphatic heterocycles. The van der Waals surface area contributed by atoms with Gasteiger partial charge >= 0.3 is 0 Å². The number of hydrogen-bond acceptors (Lipinski definition) is 6. The van der Waals surface area contributed by atoms with Crippen LogP contribution in [0.1, 0.15) is 32.0 Å². The maximum Gasteiger partial charge on any atom is 0.255 e. The molecule has 1 fully saturated rings. The van der Waals surface area contributed by atoms with Crippen LogP contribution in [0.25, 0.3) is 11.1 Å². The zero-order valence-corrected chi connectivity index (χ0v) is 22.9. The van der Waals surface area contributed by atoms with Crippen molar-refractivity contribution >= 4 is 23.2 Å². The van der Waals surface area contributed by atoms with Crippen molar-refractivity contribution in [2.24, 2.45) is 0 Å². The molecule has 4 aromatic rings. The van der Waals surface area contributed by atoms with E-state index in [1.807, 2.05) is 54.3 Å². The highest BCUT2D eigenvalue weighted by atomic mass is 19.1. The Labute approximate surface area is 238 Å². The smallest absolute Gasteiger partial charge is 0.255 e. The number of rotatable bonds is 8. The number of nitrogens with one attached hydrogen (secondary N) is 2. The number of methoxy groups -OCH3 is 1. The number of pyridine rings is 1. The number of aryl methyl sites for hydroxylation is 1. The first kappa shape index (κ1) is 27.8. The van der Waals surface area contributed by atoms with Crippen molar-refractivity contribution in [3.05, 3.63) is 107 Å². The summed E-state index contributed by atoms with van der Waals surface area (Å²) in [7, 11) is 1.61. The number of ether oxygens (including phenoxy) is 2. The predicted molar refractivity (Wildman–Crippen MR) is 156 cm³/mol. The second-order valence-corrected chi connectivity index (χ2v) is 9.72. The molecule has 9 heteroatoms. The van der Waals surface area contributed by atoms with Crippen molar-refractivity contribution in [1.29, 1.82) is 0 Å². The Kier molecular flexibility index (Phi) is 8.55. The van der Waals surface area contributed by atoms with Gasteiger partial charge in [0.25, 0.3) is 11.8 Å². The highest BCUT2D eigenvalue weighted by Crippen LogP contribution is 2.27. The number of morpholine rings is 1. The Morgan fingerprint density at radius 3 is 2.39 bits per heavy atom. The molecule has 0 aliphatic carbocycles. The van der Waals surface area contributed by atoms with E-state index in [-0.39, 0.29) is 11.5 Å². The van der Waals surface area contributed by atoms with Gasteiger partial charge in [0.2, 0.25) is 0 Å². The number of hydrogen-bond donors (Lipinski definition) is 2. The van der Waals surface area contributed by atoms with Crippen LogP contribution in [0.3, 0.4) is 0 Å². The monoisotopic (exact) mass is 554 g/mol.